The van der Waals surface area contributed by atoms with E-state index in [-0.39, 0.29) is 0 Å². The average molecular weight is 246 g/mol. The van der Waals surface area contributed by atoms with Gasteiger partial charge in [0.05, 0.1) is 0 Å². The Hall–Kier alpha value is -1.02. The van der Waals surface area contributed by atoms with E-state index >= 15 is 0 Å². The van der Waals surface area contributed by atoms with Crippen LogP contribution < -0.4 is 10.2 Å². The van der Waals surface area contributed by atoms with Crippen LogP contribution in [0.25, 0.3) is 0 Å². The van der Waals surface area contributed by atoms with E-state index in [2.05, 4.69) is 55.4 Å². The number of rotatable bonds is 5. The maximum Gasteiger partial charge on any atom is 0.0393 e. The van der Waals surface area contributed by atoms with Crippen LogP contribution in [0, 0.1) is 12.3 Å². The number of para-hydroxylation sites is 1. The van der Waals surface area contributed by atoms with Crippen molar-refractivity contribution in [2.24, 2.45) is 5.41 Å². The van der Waals surface area contributed by atoms with Crippen molar-refractivity contribution in [3.8, 4) is 0 Å². The third-order valence-electron chi connectivity index (χ3n) is 4.21. The normalized spacial score (nSPS) is 23.3. The van der Waals surface area contributed by atoms with Crippen molar-refractivity contribution in [2.45, 2.75) is 33.1 Å². The number of anilines is 1. The van der Waals surface area contributed by atoms with Crippen LogP contribution in [0.4, 0.5) is 5.69 Å². The minimum atomic E-state index is 0.478. The van der Waals surface area contributed by atoms with Crippen molar-refractivity contribution in [3.05, 3.63) is 29.8 Å². The highest BCUT2D eigenvalue weighted by Gasteiger charge is 2.34. The standard InChI is InChI=1S/C16H26N2/c1-4-9-16(10-11-17-12-16)13-18(3)15-8-6-5-7-14(15)2/h5-8,17H,4,9-13H2,1-3H3. The number of nitrogens with zero attached hydrogens (tertiary/aromatic N) is 1. The van der Waals surface area contributed by atoms with Gasteiger partial charge in [0, 0.05) is 31.2 Å². The largest absolute Gasteiger partial charge is 0.374 e. The molecule has 1 N–H and O–H groups in total. The molecule has 2 nitrogen and oxygen atoms in total. The topological polar surface area (TPSA) is 15.3 Å². The molecular weight excluding hydrogens is 220 g/mol. The first kappa shape index (κ1) is 13.4. The summed E-state index contributed by atoms with van der Waals surface area (Å²) in [4.78, 5) is 2.44. The lowest BCUT2D eigenvalue weighted by Crippen LogP contribution is -2.37. The number of aryl methyl sites for hydroxylation is 1. The molecule has 0 aromatic heterocycles. The SMILES string of the molecule is CCCC1(CN(C)c2ccccc2C)CCNC1. The van der Waals surface area contributed by atoms with Gasteiger partial charge >= 0.3 is 0 Å². The molecule has 1 unspecified atom stereocenters. The lowest BCUT2D eigenvalue weighted by Gasteiger charge is -2.34. The maximum atomic E-state index is 3.54. The third kappa shape index (κ3) is 2.86. The Morgan fingerprint density at radius 3 is 2.72 bits per heavy atom. The van der Waals surface area contributed by atoms with Crippen LogP contribution in [0.2, 0.25) is 0 Å². The number of benzene rings is 1. The van der Waals surface area contributed by atoms with E-state index in [9.17, 15) is 0 Å². The second kappa shape index (κ2) is 5.75. The molecule has 2 heteroatoms. The molecule has 1 aromatic carbocycles. The van der Waals surface area contributed by atoms with Crippen LogP contribution in [-0.2, 0) is 0 Å². The number of nitrogens with one attached hydrogen (secondary N) is 1. The van der Waals surface area contributed by atoms with Crippen LogP contribution in [0.3, 0.4) is 0 Å². The van der Waals surface area contributed by atoms with Crippen LogP contribution in [0.15, 0.2) is 24.3 Å². The van der Waals surface area contributed by atoms with Gasteiger partial charge in [0.15, 0.2) is 0 Å². The molecule has 0 saturated carbocycles. The van der Waals surface area contributed by atoms with Gasteiger partial charge in [-0.1, -0.05) is 31.5 Å². The third-order valence-corrected chi connectivity index (χ3v) is 4.21. The summed E-state index contributed by atoms with van der Waals surface area (Å²) in [5.41, 5.74) is 3.23. The van der Waals surface area contributed by atoms with Crippen molar-refractivity contribution < 1.29 is 0 Å². The number of hydrogen-bond donors (Lipinski definition) is 1. The van der Waals surface area contributed by atoms with Crippen molar-refractivity contribution in [2.75, 3.05) is 31.6 Å². The Morgan fingerprint density at radius 1 is 1.33 bits per heavy atom. The van der Waals surface area contributed by atoms with Gasteiger partial charge in [0.25, 0.3) is 0 Å². The number of hydrogen-bond acceptors (Lipinski definition) is 2. The molecule has 1 atom stereocenters. The molecule has 0 radical (unpaired) electrons. The smallest absolute Gasteiger partial charge is 0.0393 e. The molecule has 18 heavy (non-hydrogen) atoms. The zero-order chi connectivity index (χ0) is 13.0. The molecular formula is C16H26N2. The monoisotopic (exact) mass is 246 g/mol. The lowest BCUT2D eigenvalue weighted by molar-refractivity contribution is 0.299. The highest BCUT2D eigenvalue weighted by atomic mass is 15.1. The van der Waals surface area contributed by atoms with E-state index in [1.807, 2.05) is 0 Å². The van der Waals surface area contributed by atoms with Gasteiger partial charge in [-0.2, -0.15) is 0 Å². The van der Waals surface area contributed by atoms with Crippen molar-refractivity contribution in [3.63, 3.8) is 0 Å². The first-order valence-electron chi connectivity index (χ1n) is 7.14. The van der Waals surface area contributed by atoms with Crippen LogP contribution in [0.5, 0.6) is 0 Å². The first-order valence-corrected chi connectivity index (χ1v) is 7.14. The molecule has 1 fully saturated rings. The fourth-order valence-electron chi connectivity index (χ4n) is 3.33. The van der Waals surface area contributed by atoms with Gasteiger partial charge in [0.1, 0.15) is 0 Å². The highest BCUT2D eigenvalue weighted by molar-refractivity contribution is 5.52. The molecule has 1 heterocycles. The predicted molar refractivity (Wildman–Crippen MR) is 79.3 cm³/mol. The summed E-state index contributed by atoms with van der Waals surface area (Å²) in [5.74, 6) is 0. The van der Waals surface area contributed by atoms with E-state index in [1.165, 1.54) is 50.1 Å². The Bertz CT molecular complexity index is 380. The van der Waals surface area contributed by atoms with E-state index in [0.717, 1.165) is 0 Å². The zero-order valence-corrected chi connectivity index (χ0v) is 12.0. The molecule has 2 rings (SSSR count). The minimum Gasteiger partial charge on any atom is -0.374 e. The average Bonchev–Trinajstić information content (AvgIpc) is 2.78. The molecule has 0 aliphatic carbocycles. The van der Waals surface area contributed by atoms with Gasteiger partial charge in [-0.15, -0.1) is 0 Å². The van der Waals surface area contributed by atoms with E-state index in [4.69, 9.17) is 0 Å². The first-order chi connectivity index (χ1) is 8.67. The summed E-state index contributed by atoms with van der Waals surface area (Å²) in [7, 11) is 2.23. The van der Waals surface area contributed by atoms with Crippen LogP contribution in [-0.4, -0.2) is 26.7 Å². The molecule has 1 aromatic rings. The van der Waals surface area contributed by atoms with Crippen LogP contribution in [0.1, 0.15) is 31.7 Å². The van der Waals surface area contributed by atoms with Gasteiger partial charge in [-0.25, -0.2) is 0 Å². The fraction of sp³-hybridized carbons (Fsp3) is 0.625. The molecule has 1 aliphatic heterocycles. The minimum absolute atomic E-state index is 0.478. The Kier molecular flexibility index (Phi) is 4.28. The van der Waals surface area contributed by atoms with E-state index in [0.29, 0.717) is 5.41 Å². The van der Waals surface area contributed by atoms with Crippen molar-refractivity contribution in [1.29, 1.82) is 0 Å². The second-order valence-electron chi connectivity index (χ2n) is 5.82. The van der Waals surface area contributed by atoms with Crippen molar-refractivity contribution >= 4 is 5.69 Å². The van der Waals surface area contributed by atoms with Gasteiger partial charge in [-0.05, 0) is 37.9 Å². The summed E-state index contributed by atoms with van der Waals surface area (Å²) < 4.78 is 0. The lowest BCUT2D eigenvalue weighted by atomic mass is 9.82. The molecule has 1 aliphatic rings. The summed E-state index contributed by atoms with van der Waals surface area (Å²) >= 11 is 0. The second-order valence-corrected chi connectivity index (χ2v) is 5.82. The summed E-state index contributed by atoms with van der Waals surface area (Å²) in [6, 6.07) is 8.69. The Labute approximate surface area is 111 Å². The van der Waals surface area contributed by atoms with E-state index < -0.39 is 0 Å². The van der Waals surface area contributed by atoms with Gasteiger partial charge in [-0.3, -0.25) is 0 Å². The Balaban J connectivity index is 2.10. The summed E-state index contributed by atoms with van der Waals surface area (Å²) in [6.07, 6.45) is 3.93. The van der Waals surface area contributed by atoms with Gasteiger partial charge < -0.3 is 10.2 Å². The summed E-state index contributed by atoms with van der Waals surface area (Å²) in [6.45, 7) is 8.02. The molecule has 0 spiro atoms. The maximum absolute atomic E-state index is 3.54. The molecule has 100 valence electrons. The summed E-state index contributed by atoms with van der Waals surface area (Å²) in [5, 5.41) is 3.54. The van der Waals surface area contributed by atoms with E-state index in [1.54, 1.807) is 0 Å². The zero-order valence-electron chi connectivity index (χ0n) is 12.0. The predicted octanol–water partition coefficient (Wildman–Crippen LogP) is 3.21. The fourth-order valence-corrected chi connectivity index (χ4v) is 3.33. The van der Waals surface area contributed by atoms with Crippen molar-refractivity contribution in [1.82, 2.24) is 5.32 Å². The highest BCUT2D eigenvalue weighted by Crippen LogP contribution is 2.33. The van der Waals surface area contributed by atoms with Gasteiger partial charge in [0.2, 0.25) is 0 Å². The molecule has 1 saturated heterocycles. The molecule has 0 amide bonds. The van der Waals surface area contributed by atoms with Crippen LogP contribution >= 0.6 is 0 Å². The molecule has 0 bridgehead atoms. The Morgan fingerprint density at radius 2 is 2.11 bits per heavy atom. The quantitative estimate of drug-likeness (QED) is 0.858.